The minimum atomic E-state index is -0.423. The van der Waals surface area contributed by atoms with Gasteiger partial charge >= 0.3 is 0 Å². The molecule has 0 aromatic carbocycles. The van der Waals surface area contributed by atoms with Crippen LogP contribution >= 0.6 is 23.1 Å². The van der Waals surface area contributed by atoms with Crippen molar-refractivity contribution in [1.29, 1.82) is 0 Å². The van der Waals surface area contributed by atoms with Crippen LogP contribution in [0.4, 0.5) is 10.7 Å². The maximum absolute atomic E-state index is 11.5. The van der Waals surface area contributed by atoms with E-state index >= 15 is 0 Å². The van der Waals surface area contributed by atoms with E-state index in [2.05, 4.69) is 9.80 Å². The highest BCUT2D eigenvalue weighted by Crippen LogP contribution is 2.44. The molecule has 4 N–H and O–H groups in total. The van der Waals surface area contributed by atoms with Gasteiger partial charge in [-0.15, -0.1) is 23.1 Å². The van der Waals surface area contributed by atoms with E-state index in [0.717, 1.165) is 29.5 Å². The van der Waals surface area contributed by atoms with Gasteiger partial charge in [-0.3, -0.25) is 9.69 Å². The van der Waals surface area contributed by atoms with E-state index in [1.807, 2.05) is 6.26 Å². The van der Waals surface area contributed by atoms with Crippen molar-refractivity contribution < 1.29 is 4.79 Å². The maximum Gasteiger partial charge on any atom is 0.261 e. The van der Waals surface area contributed by atoms with Crippen molar-refractivity contribution >= 4 is 39.7 Å². The fourth-order valence-corrected chi connectivity index (χ4v) is 5.25. The van der Waals surface area contributed by atoms with Crippen molar-refractivity contribution in [3.05, 3.63) is 4.88 Å². The molecule has 0 spiro atoms. The van der Waals surface area contributed by atoms with E-state index in [1.165, 1.54) is 30.7 Å². The van der Waals surface area contributed by atoms with Crippen LogP contribution in [0.15, 0.2) is 4.90 Å². The summed E-state index contributed by atoms with van der Waals surface area (Å²) >= 11 is 3.05. The van der Waals surface area contributed by atoms with Gasteiger partial charge in [-0.25, -0.2) is 0 Å². The van der Waals surface area contributed by atoms with Crippen molar-refractivity contribution in [1.82, 2.24) is 4.90 Å². The van der Waals surface area contributed by atoms with E-state index < -0.39 is 5.91 Å². The summed E-state index contributed by atoms with van der Waals surface area (Å²) in [5.41, 5.74) is 12.1. The van der Waals surface area contributed by atoms with Gasteiger partial charge in [0.05, 0.1) is 10.6 Å². The minimum Gasteiger partial charge on any atom is -0.396 e. The number of nitrogens with zero attached hydrogens (tertiary/aromatic N) is 2. The zero-order valence-electron chi connectivity index (χ0n) is 11.6. The molecule has 2 saturated heterocycles. The topological polar surface area (TPSA) is 75.6 Å². The first-order valence-corrected chi connectivity index (χ1v) is 8.91. The number of carbonyl (C=O) groups excluding carboxylic acids is 1. The number of nitrogen functional groups attached to an aromatic ring is 1. The summed E-state index contributed by atoms with van der Waals surface area (Å²) in [5, 5.41) is 1.12. The van der Waals surface area contributed by atoms with Gasteiger partial charge in [0.2, 0.25) is 0 Å². The highest BCUT2D eigenvalue weighted by atomic mass is 32.2. The second kappa shape index (κ2) is 5.46. The molecule has 0 saturated carbocycles. The van der Waals surface area contributed by atoms with Crippen molar-refractivity contribution in [2.24, 2.45) is 5.73 Å². The van der Waals surface area contributed by atoms with Crippen LogP contribution in [-0.4, -0.2) is 49.3 Å². The largest absolute Gasteiger partial charge is 0.396 e. The SMILES string of the molecule is CSc1c(N2CCN3CCCC3C2)sc(C(N)=O)c1N. The van der Waals surface area contributed by atoms with Crippen LogP contribution in [0, 0.1) is 0 Å². The van der Waals surface area contributed by atoms with Gasteiger partial charge in [-0.05, 0) is 25.6 Å². The lowest BCUT2D eigenvalue weighted by molar-refractivity contribution is 0.100. The molecule has 0 aliphatic carbocycles. The number of amides is 1. The van der Waals surface area contributed by atoms with Crippen LogP contribution in [0.1, 0.15) is 22.5 Å². The maximum atomic E-state index is 11.5. The number of thioether (sulfide) groups is 1. The molecule has 2 fully saturated rings. The molecule has 20 heavy (non-hydrogen) atoms. The Morgan fingerprint density at radius 1 is 1.40 bits per heavy atom. The fourth-order valence-electron chi connectivity index (χ4n) is 3.18. The van der Waals surface area contributed by atoms with Gasteiger partial charge < -0.3 is 16.4 Å². The third kappa shape index (κ3) is 2.27. The van der Waals surface area contributed by atoms with Crippen LogP contribution in [0.2, 0.25) is 0 Å². The fraction of sp³-hybridized carbons (Fsp3) is 0.615. The van der Waals surface area contributed by atoms with Crippen LogP contribution in [0.3, 0.4) is 0 Å². The van der Waals surface area contributed by atoms with Crippen LogP contribution < -0.4 is 16.4 Å². The molecule has 1 atom stereocenters. The van der Waals surface area contributed by atoms with Crippen LogP contribution in [-0.2, 0) is 0 Å². The third-order valence-electron chi connectivity index (χ3n) is 4.18. The summed E-state index contributed by atoms with van der Waals surface area (Å²) in [6.07, 6.45) is 4.57. The summed E-state index contributed by atoms with van der Waals surface area (Å²) in [5.74, 6) is -0.423. The van der Waals surface area contributed by atoms with Gasteiger partial charge in [0.25, 0.3) is 5.91 Å². The molecule has 110 valence electrons. The van der Waals surface area contributed by atoms with Crippen molar-refractivity contribution in [3.63, 3.8) is 0 Å². The van der Waals surface area contributed by atoms with Gasteiger partial charge in [-0.1, -0.05) is 0 Å². The number of carbonyl (C=O) groups is 1. The molecule has 1 aromatic heterocycles. The highest BCUT2D eigenvalue weighted by Gasteiger charge is 2.33. The Balaban J connectivity index is 1.89. The quantitative estimate of drug-likeness (QED) is 0.826. The predicted molar refractivity (Wildman–Crippen MR) is 85.8 cm³/mol. The molecule has 2 aliphatic rings. The second-order valence-corrected chi connectivity index (χ2v) is 7.14. The predicted octanol–water partition coefficient (Wildman–Crippen LogP) is 1.44. The van der Waals surface area contributed by atoms with E-state index in [1.54, 1.807) is 11.8 Å². The molecule has 1 unspecified atom stereocenters. The molecule has 5 nitrogen and oxygen atoms in total. The molecule has 0 radical (unpaired) electrons. The lowest BCUT2D eigenvalue weighted by Crippen LogP contribution is -2.50. The highest BCUT2D eigenvalue weighted by molar-refractivity contribution is 7.99. The van der Waals surface area contributed by atoms with Crippen LogP contribution in [0.25, 0.3) is 0 Å². The number of piperazine rings is 1. The molecule has 3 rings (SSSR count). The van der Waals surface area contributed by atoms with E-state index in [9.17, 15) is 4.79 Å². The van der Waals surface area contributed by atoms with Gasteiger partial charge in [0.1, 0.15) is 9.88 Å². The Labute approximate surface area is 127 Å². The number of hydrogen-bond acceptors (Lipinski definition) is 6. The first kappa shape index (κ1) is 14.0. The molecule has 0 bridgehead atoms. The molecular weight excluding hydrogens is 292 g/mol. The van der Waals surface area contributed by atoms with Crippen LogP contribution in [0.5, 0.6) is 0 Å². The number of anilines is 2. The smallest absolute Gasteiger partial charge is 0.261 e. The zero-order chi connectivity index (χ0) is 14.3. The Bertz CT molecular complexity index is 531. The summed E-state index contributed by atoms with van der Waals surface area (Å²) < 4.78 is 0. The summed E-state index contributed by atoms with van der Waals surface area (Å²) in [4.78, 5) is 17.9. The lowest BCUT2D eigenvalue weighted by Gasteiger charge is -2.38. The number of hydrogen-bond donors (Lipinski definition) is 2. The number of thiophene rings is 1. The molecule has 1 aromatic rings. The van der Waals surface area contributed by atoms with E-state index in [-0.39, 0.29) is 0 Å². The first-order valence-electron chi connectivity index (χ1n) is 6.87. The lowest BCUT2D eigenvalue weighted by atomic mass is 10.1. The summed E-state index contributed by atoms with van der Waals surface area (Å²) in [7, 11) is 0. The van der Waals surface area contributed by atoms with Crippen molar-refractivity contribution in [3.8, 4) is 0 Å². The Morgan fingerprint density at radius 3 is 2.90 bits per heavy atom. The van der Waals surface area contributed by atoms with Gasteiger partial charge in [0, 0.05) is 25.7 Å². The summed E-state index contributed by atoms with van der Waals surface area (Å²) in [6.45, 7) is 4.36. The third-order valence-corrected chi connectivity index (χ3v) is 6.42. The average molecular weight is 312 g/mol. The Morgan fingerprint density at radius 2 is 2.20 bits per heavy atom. The molecule has 7 heteroatoms. The zero-order valence-corrected chi connectivity index (χ0v) is 13.2. The van der Waals surface area contributed by atoms with E-state index in [0.29, 0.717) is 16.6 Å². The monoisotopic (exact) mass is 312 g/mol. The summed E-state index contributed by atoms with van der Waals surface area (Å²) in [6, 6.07) is 0.652. The molecular formula is C13H20N4OS2. The van der Waals surface area contributed by atoms with Crippen molar-refractivity contribution in [2.75, 3.05) is 43.1 Å². The molecule has 3 heterocycles. The van der Waals surface area contributed by atoms with Gasteiger partial charge in [0.15, 0.2) is 0 Å². The van der Waals surface area contributed by atoms with E-state index in [4.69, 9.17) is 11.5 Å². The first-order chi connectivity index (χ1) is 9.61. The van der Waals surface area contributed by atoms with Crippen molar-refractivity contribution in [2.45, 2.75) is 23.8 Å². The molecule has 2 aliphatic heterocycles. The Kier molecular flexibility index (Phi) is 3.83. The average Bonchev–Trinajstić information content (AvgIpc) is 3.01. The normalized spacial score (nSPS) is 23.1. The number of nitrogens with two attached hydrogens (primary N) is 2. The van der Waals surface area contributed by atoms with Gasteiger partial charge in [-0.2, -0.15) is 0 Å². The standard InChI is InChI=1S/C13H20N4OS2/c1-19-11-9(14)10(12(15)18)20-13(11)17-6-5-16-4-2-3-8(16)7-17/h8H,2-7,14H2,1H3,(H2,15,18). The molecule has 1 amide bonds. The number of rotatable bonds is 3. The number of fused-ring (bicyclic) bond motifs is 1. The number of primary amides is 1. The Hall–Kier alpha value is -0.920. The second-order valence-electron chi connectivity index (χ2n) is 5.33. The minimum absolute atomic E-state index is 0.423.